The number of hydrogen-bond acceptors (Lipinski definition) is 5. The normalized spacial score (nSPS) is 11.9. The standard InChI is InChI=1S/C23H30N6O3/c1-29-13-3-4-19(29)15-24-10-2-5-20(23(31)32)28-22(30)18-8-6-17(7-9-18)14-25-16-21-26-11-12-27-21/h3-4,6-9,11-13,20,24-25H,2,5,10,14-16H2,1H3,(H,26,27)(H,28,30)(H,31,32). The maximum absolute atomic E-state index is 12.5. The molecule has 170 valence electrons. The number of hydrogen-bond donors (Lipinski definition) is 5. The first-order valence-corrected chi connectivity index (χ1v) is 10.7. The fourth-order valence-corrected chi connectivity index (χ4v) is 3.32. The Morgan fingerprint density at radius 3 is 2.59 bits per heavy atom. The number of amides is 1. The van der Waals surface area contributed by atoms with Crippen molar-refractivity contribution in [1.29, 1.82) is 0 Å². The highest BCUT2D eigenvalue weighted by molar-refractivity contribution is 5.96. The van der Waals surface area contributed by atoms with Gasteiger partial charge >= 0.3 is 5.97 Å². The van der Waals surface area contributed by atoms with Crippen LogP contribution in [0.4, 0.5) is 0 Å². The highest BCUT2D eigenvalue weighted by atomic mass is 16.4. The van der Waals surface area contributed by atoms with Crippen LogP contribution in [0.5, 0.6) is 0 Å². The van der Waals surface area contributed by atoms with Crippen LogP contribution in [0, 0.1) is 0 Å². The molecule has 0 bridgehead atoms. The molecule has 1 aromatic carbocycles. The Bertz CT molecular complexity index is 982. The van der Waals surface area contributed by atoms with Crippen LogP contribution in [0.3, 0.4) is 0 Å². The van der Waals surface area contributed by atoms with Crippen molar-refractivity contribution in [3.8, 4) is 0 Å². The molecule has 2 aromatic heterocycles. The second-order valence-corrected chi connectivity index (χ2v) is 7.63. The summed E-state index contributed by atoms with van der Waals surface area (Å²) in [4.78, 5) is 31.3. The van der Waals surface area contributed by atoms with Crippen molar-refractivity contribution in [3.63, 3.8) is 0 Å². The Kier molecular flexibility index (Phi) is 8.59. The lowest BCUT2D eigenvalue weighted by molar-refractivity contribution is -0.139. The molecule has 0 aliphatic rings. The van der Waals surface area contributed by atoms with Crippen LogP contribution in [0.25, 0.3) is 0 Å². The van der Waals surface area contributed by atoms with Gasteiger partial charge in [-0.1, -0.05) is 12.1 Å². The smallest absolute Gasteiger partial charge is 0.326 e. The number of imidazole rings is 1. The third-order valence-electron chi connectivity index (χ3n) is 5.20. The SMILES string of the molecule is Cn1cccc1CNCCCC(NC(=O)c1ccc(CNCc2ncc[nH]2)cc1)C(=O)O. The molecule has 1 amide bonds. The monoisotopic (exact) mass is 438 g/mol. The summed E-state index contributed by atoms with van der Waals surface area (Å²) in [5.41, 5.74) is 2.62. The van der Waals surface area contributed by atoms with E-state index in [2.05, 4.69) is 25.9 Å². The zero-order chi connectivity index (χ0) is 22.8. The summed E-state index contributed by atoms with van der Waals surface area (Å²) in [5.74, 6) is -0.556. The maximum Gasteiger partial charge on any atom is 0.326 e. The highest BCUT2D eigenvalue weighted by Crippen LogP contribution is 2.07. The number of rotatable bonds is 13. The summed E-state index contributed by atoms with van der Waals surface area (Å²) in [6.45, 7) is 2.65. The van der Waals surface area contributed by atoms with Gasteiger partial charge in [-0.25, -0.2) is 9.78 Å². The van der Waals surface area contributed by atoms with E-state index in [0.717, 1.165) is 23.6 Å². The molecule has 0 aliphatic heterocycles. The molecule has 1 atom stereocenters. The molecule has 0 spiro atoms. The summed E-state index contributed by atoms with van der Waals surface area (Å²) in [5, 5.41) is 18.7. The Morgan fingerprint density at radius 2 is 1.94 bits per heavy atom. The molecule has 0 radical (unpaired) electrons. The van der Waals surface area contributed by atoms with Gasteiger partial charge in [-0.15, -0.1) is 0 Å². The lowest BCUT2D eigenvalue weighted by Gasteiger charge is -2.15. The van der Waals surface area contributed by atoms with Crippen LogP contribution >= 0.6 is 0 Å². The van der Waals surface area contributed by atoms with Gasteiger partial charge in [-0.05, 0) is 49.2 Å². The second-order valence-electron chi connectivity index (χ2n) is 7.63. The third-order valence-corrected chi connectivity index (χ3v) is 5.20. The van der Waals surface area contributed by atoms with E-state index in [1.54, 1.807) is 24.5 Å². The zero-order valence-corrected chi connectivity index (χ0v) is 18.2. The summed E-state index contributed by atoms with van der Waals surface area (Å²) in [6.07, 6.45) is 6.46. The number of H-pyrrole nitrogens is 1. The van der Waals surface area contributed by atoms with Crippen molar-refractivity contribution >= 4 is 11.9 Å². The molecule has 3 aromatic rings. The molecule has 3 rings (SSSR count). The highest BCUT2D eigenvalue weighted by Gasteiger charge is 2.20. The predicted octanol–water partition coefficient (Wildman–Crippen LogP) is 1.79. The second kappa shape index (κ2) is 11.8. The maximum atomic E-state index is 12.5. The van der Waals surface area contributed by atoms with Gasteiger partial charge in [0.25, 0.3) is 5.91 Å². The third kappa shape index (κ3) is 7.07. The molecule has 1 unspecified atom stereocenters. The lowest BCUT2D eigenvalue weighted by atomic mass is 10.1. The Balaban J connectivity index is 1.40. The van der Waals surface area contributed by atoms with Crippen LogP contribution in [-0.2, 0) is 31.5 Å². The van der Waals surface area contributed by atoms with Crippen molar-refractivity contribution < 1.29 is 14.7 Å². The topological polar surface area (TPSA) is 124 Å². The number of carbonyl (C=O) groups excluding carboxylic acids is 1. The molecule has 9 heteroatoms. The van der Waals surface area contributed by atoms with E-state index in [1.165, 1.54) is 0 Å². The van der Waals surface area contributed by atoms with Crippen LogP contribution < -0.4 is 16.0 Å². The zero-order valence-electron chi connectivity index (χ0n) is 18.2. The first-order valence-electron chi connectivity index (χ1n) is 10.7. The Morgan fingerprint density at radius 1 is 1.12 bits per heavy atom. The molecule has 0 saturated heterocycles. The van der Waals surface area contributed by atoms with E-state index in [-0.39, 0.29) is 5.91 Å². The van der Waals surface area contributed by atoms with Gasteiger partial charge < -0.3 is 30.6 Å². The average molecular weight is 439 g/mol. The van der Waals surface area contributed by atoms with Crippen molar-refractivity contribution in [1.82, 2.24) is 30.5 Å². The summed E-state index contributed by atoms with van der Waals surface area (Å²) in [6, 6.07) is 10.2. The minimum absolute atomic E-state index is 0.357. The quantitative estimate of drug-likeness (QED) is 0.259. The molecule has 9 nitrogen and oxygen atoms in total. The number of aromatic amines is 1. The Hall–Kier alpha value is -3.43. The molecule has 5 N–H and O–H groups in total. The number of carboxylic acid groups (broad SMARTS) is 1. The summed E-state index contributed by atoms with van der Waals surface area (Å²) >= 11 is 0. The number of carboxylic acids is 1. The van der Waals surface area contributed by atoms with E-state index in [9.17, 15) is 14.7 Å². The number of nitrogens with zero attached hydrogens (tertiary/aromatic N) is 2. The minimum Gasteiger partial charge on any atom is -0.480 e. The van der Waals surface area contributed by atoms with Gasteiger partial charge in [0, 0.05) is 50.0 Å². The van der Waals surface area contributed by atoms with Gasteiger partial charge in [0.2, 0.25) is 0 Å². The largest absolute Gasteiger partial charge is 0.480 e. The van der Waals surface area contributed by atoms with Crippen LogP contribution in [-0.4, -0.2) is 44.1 Å². The molecular formula is C23H30N6O3. The van der Waals surface area contributed by atoms with E-state index in [4.69, 9.17) is 0 Å². The van der Waals surface area contributed by atoms with E-state index < -0.39 is 12.0 Å². The Labute approximate surface area is 187 Å². The van der Waals surface area contributed by atoms with E-state index >= 15 is 0 Å². The number of nitrogens with one attached hydrogen (secondary N) is 4. The van der Waals surface area contributed by atoms with Crippen molar-refractivity contribution in [2.45, 2.75) is 38.5 Å². The number of benzene rings is 1. The fourth-order valence-electron chi connectivity index (χ4n) is 3.32. The number of aromatic nitrogens is 3. The van der Waals surface area contributed by atoms with Crippen LogP contribution in [0.15, 0.2) is 55.0 Å². The van der Waals surface area contributed by atoms with Crippen molar-refractivity contribution in [2.75, 3.05) is 6.54 Å². The lowest BCUT2D eigenvalue weighted by Crippen LogP contribution is -2.41. The summed E-state index contributed by atoms with van der Waals surface area (Å²) < 4.78 is 2.04. The molecule has 0 saturated carbocycles. The predicted molar refractivity (Wildman–Crippen MR) is 121 cm³/mol. The van der Waals surface area contributed by atoms with Crippen molar-refractivity contribution in [3.05, 3.63) is 77.6 Å². The fraction of sp³-hybridized carbons (Fsp3) is 0.348. The van der Waals surface area contributed by atoms with Gasteiger partial charge in [0.05, 0.1) is 6.54 Å². The van der Waals surface area contributed by atoms with E-state index in [1.807, 2.05) is 42.1 Å². The van der Waals surface area contributed by atoms with Crippen LogP contribution in [0.2, 0.25) is 0 Å². The van der Waals surface area contributed by atoms with E-state index in [0.29, 0.717) is 38.0 Å². The molecular weight excluding hydrogens is 408 g/mol. The molecule has 0 fully saturated rings. The number of aliphatic carboxylic acids is 1. The number of carbonyl (C=O) groups is 2. The van der Waals surface area contributed by atoms with Gasteiger partial charge in [-0.2, -0.15) is 0 Å². The van der Waals surface area contributed by atoms with Crippen molar-refractivity contribution in [2.24, 2.45) is 7.05 Å². The van der Waals surface area contributed by atoms with Crippen LogP contribution in [0.1, 0.15) is 40.3 Å². The van der Waals surface area contributed by atoms with Gasteiger partial charge in [-0.3, -0.25) is 4.79 Å². The minimum atomic E-state index is -1.03. The molecule has 32 heavy (non-hydrogen) atoms. The van der Waals surface area contributed by atoms with Gasteiger partial charge in [0.15, 0.2) is 0 Å². The number of aryl methyl sites for hydroxylation is 1. The first-order chi connectivity index (χ1) is 15.5. The molecule has 0 aliphatic carbocycles. The first kappa shape index (κ1) is 23.2. The average Bonchev–Trinajstić information content (AvgIpc) is 3.45. The summed E-state index contributed by atoms with van der Waals surface area (Å²) in [7, 11) is 1.98. The van der Waals surface area contributed by atoms with Gasteiger partial charge in [0.1, 0.15) is 11.9 Å². The molecule has 2 heterocycles.